The van der Waals surface area contributed by atoms with Gasteiger partial charge in [-0.2, -0.15) is 13.2 Å². The average molecular weight is 365 g/mol. The molecule has 26 heavy (non-hydrogen) atoms. The first-order valence-corrected chi connectivity index (χ1v) is 8.05. The Morgan fingerprint density at radius 1 is 1.00 bits per heavy atom. The van der Waals surface area contributed by atoms with Gasteiger partial charge in [-0.25, -0.2) is 4.98 Å². The third-order valence-electron chi connectivity index (χ3n) is 3.51. The Morgan fingerprint density at radius 3 is 2.31 bits per heavy atom. The molecule has 0 aliphatic rings. The highest BCUT2D eigenvalue weighted by Crippen LogP contribution is 2.34. The van der Waals surface area contributed by atoms with Crippen molar-refractivity contribution in [3.05, 3.63) is 59.4 Å². The van der Waals surface area contributed by atoms with Crippen molar-refractivity contribution in [3.63, 3.8) is 0 Å². The van der Waals surface area contributed by atoms with Gasteiger partial charge in [0.2, 0.25) is 0 Å². The normalized spacial score (nSPS) is 11.1. The largest absolute Gasteiger partial charge is 0.418 e. The van der Waals surface area contributed by atoms with Crippen molar-refractivity contribution in [2.24, 2.45) is 0 Å². The molecule has 0 bridgehead atoms. The number of rotatable bonds is 6. The number of hydrogen-bond donors (Lipinski definition) is 2. The Bertz CT molecular complexity index is 791. The summed E-state index contributed by atoms with van der Waals surface area (Å²) in [6.07, 6.45) is -2.88. The van der Waals surface area contributed by atoms with Crippen LogP contribution in [-0.4, -0.2) is 23.3 Å². The van der Waals surface area contributed by atoms with Crippen LogP contribution in [0.1, 0.15) is 46.3 Å². The van der Waals surface area contributed by atoms with Gasteiger partial charge in [-0.15, -0.1) is 0 Å². The predicted molar refractivity (Wildman–Crippen MR) is 90.9 cm³/mol. The van der Waals surface area contributed by atoms with Crippen LogP contribution in [0.2, 0.25) is 0 Å². The molecule has 0 aliphatic heterocycles. The number of anilines is 1. The zero-order valence-electron chi connectivity index (χ0n) is 14.1. The number of halogens is 3. The van der Waals surface area contributed by atoms with Crippen molar-refractivity contribution < 1.29 is 22.8 Å². The Labute approximate surface area is 148 Å². The van der Waals surface area contributed by atoms with Crippen LogP contribution in [0.3, 0.4) is 0 Å². The van der Waals surface area contributed by atoms with Crippen LogP contribution in [0.4, 0.5) is 18.9 Å². The van der Waals surface area contributed by atoms with Gasteiger partial charge < -0.3 is 10.6 Å². The number of para-hydroxylation sites is 1. The average Bonchev–Trinajstić information content (AvgIpc) is 2.61. The predicted octanol–water partition coefficient (Wildman–Crippen LogP) is 3.88. The Balaban J connectivity index is 2.16. The summed E-state index contributed by atoms with van der Waals surface area (Å²) in [6.45, 7) is 2.46. The molecule has 0 aliphatic carbocycles. The molecule has 2 N–H and O–H groups in total. The fourth-order valence-electron chi connectivity index (χ4n) is 2.18. The molecule has 0 unspecified atom stereocenters. The van der Waals surface area contributed by atoms with Gasteiger partial charge in [-0.3, -0.25) is 9.59 Å². The van der Waals surface area contributed by atoms with Crippen LogP contribution in [0.25, 0.3) is 0 Å². The summed E-state index contributed by atoms with van der Waals surface area (Å²) < 4.78 is 39.0. The van der Waals surface area contributed by atoms with Gasteiger partial charge in [0.25, 0.3) is 11.8 Å². The van der Waals surface area contributed by atoms with Crippen LogP contribution < -0.4 is 10.6 Å². The number of carbonyl (C=O) groups is 2. The van der Waals surface area contributed by atoms with E-state index >= 15 is 0 Å². The molecule has 8 heteroatoms. The molecule has 2 rings (SSSR count). The summed E-state index contributed by atoms with van der Waals surface area (Å²) in [5.41, 5.74) is -1.45. The lowest BCUT2D eigenvalue weighted by atomic mass is 10.1. The Morgan fingerprint density at radius 2 is 1.65 bits per heavy atom. The maximum Gasteiger partial charge on any atom is 0.418 e. The van der Waals surface area contributed by atoms with Crippen molar-refractivity contribution in [1.82, 2.24) is 10.3 Å². The fourth-order valence-corrected chi connectivity index (χ4v) is 2.18. The number of nitrogens with one attached hydrogen (secondary N) is 2. The van der Waals surface area contributed by atoms with Crippen LogP contribution in [0, 0.1) is 0 Å². The minimum absolute atomic E-state index is 0.0258. The summed E-state index contributed by atoms with van der Waals surface area (Å²) in [4.78, 5) is 28.2. The van der Waals surface area contributed by atoms with E-state index in [1.54, 1.807) is 0 Å². The Kier molecular flexibility index (Phi) is 6.32. The summed E-state index contributed by atoms with van der Waals surface area (Å²) in [6, 6.07) is 8.86. The minimum atomic E-state index is -4.60. The highest BCUT2D eigenvalue weighted by atomic mass is 19.4. The van der Waals surface area contributed by atoms with Gasteiger partial charge in [-0.05, 0) is 30.7 Å². The van der Waals surface area contributed by atoms with E-state index in [0.717, 1.165) is 25.0 Å². The first-order valence-electron chi connectivity index (χ1n) is 8.05. The van der Waals surface area contributed by atoms with E-state index in [2.05, 4.69) is 15.6 Å². The van der Waals surface area contributed by atoms with Gasteiger partial charge in [0.05, 0.1) is 11.3 Å². The number of pyridine rings is 1. The number of alkyl halides is 3. The van der Waals surface area contributed by atoms with Crippen LogP contribution in [0.15, 0.2) is 42.5 Å². The van der Waals surface area contributed by atoms with E-state index in [4.69, 9.17) is 0 Å². The second kappa shape index (κ2) is 8.46. The maximum atomic E-state index is 13.0. The van der Waals surface area contributed by atoms with E-state index in [9.17, 15) is 22.8 Å². The highest BCUT2D eigenvalue weighted by Gasteiger charge is 2.33. The number of hydrogen-bond acceptors (Lipinski definition) is 3. The lowest BCUT2D eigenvalue weighted by Crippen LogP contribution is -2.26. The summed E-state index contributed by atoms with van der Waals surface area (Å²) >= 11 is 0. The Hall–Kier alpha value is -2.90. The molecule has 0 spiro atoms. The summed E-state index contributed by atoms with van der Waals surface area (Å²) in [7, 11) is 0. The third-order valence-corrected chi connectivity index (χ3v) is 3.51. The smallest absolute Gasteiger partial charge is 0.351 e. The topological polar surface area (TPSA) is 71.1 Å². The molecular formula is C18H18F3N3O2. The van der Waals surface area contributed by atoms with E-state index in [1.807, 2.05) is 6.92 Å². The zero-order chi connectivity index (χ0) is 19.2. The van der Waals surface area contributed by atoms with Gasteiger partial charge >= 0.3 is 6.18 Å². The molecule has 0 fully saturated rings. The monoisotopic (exact) mass is 365 g/mol. The molecule has 2 amide bonds. The summed E-state index contributed by atoms with van der Waals surface area (Å²) in [5, 5.41) is 4.86. The van der Waals surface area contributed by atoms with Crippen molar-refractivity contribution in [3.8, 4) is 0 Å². The number of carbonyl (C=O) groups excluding carboxylic acids is 2. The van der Waals surface area contributed by atoms with E-state index in [1.165, 1.54) is 30.3 Å². The van der Waals surface area contributed by atoms with Crippen molar-refractivity contribution in [2.75, 3.05) is 11.9 Å². The van der Waals surface area contributed by atoms with Crippen molar-refractivity contribution >= 4 is 17.5 Å². The minimum Gasteiger partial charge on any atom is -0.351 e. The van der Waals surface area contributed by atoms with E-state index in [0.29, 0.717) is 6.54 Å². The fraction of sp³-hybridized carbons (Fsp3) is 0.278. The second-order valence-corrected chi connectivity index (χ2v) is 5.51. The molecule has 1 aromatic carbocycles. The van der Waals surface area contributed by atoms with E-state index in [-0.39, 0.29) is 17.1 Å². The first-order chi connectivity index (χ1) is 12.3. The van der Waals surface area contributed by atoms with Gasteiger partial charge in [0, 0.05) is 6.54 Å². The standard InChI is InChI=1S/C18H18F3N3O2/c1-2-3-11-22-16(25)14-9-6-10-15(23-14)17(26)24-13-8-5-4-7-12(13)18(19,20)21/h4-10H,2-3,11H2,1H3,(H,22,25)(H,24,26). The van der Waals surface area contributed by atoms with Gasteiger partial charge in [-0.1, -0.05) is 31.5 Å². The molecular weight excluding hydrogens is 347 g/mol. The van der Waals surface area contributed by atoms with Crippen LogP contribution in [-0.2, 0) is 6.18 Å². The van der Waals surface area contributed by atoms with Gasteiger partial charge in [0.1, 0.15) is 11.4 Å². The highest BCUT2D eigenvalue weighted by molar-refractivity contribution is 6.04. The molecule has 0 saturated heterocycles. The lowest BCUT2D eigenvalue weighted by molar-refractivity contribution is -0.136. The zero-order valence-corrected chi connectivity index (χ0v) is 14.1. The molecule has 1 heterocycles. The van der Waals surface area contributed by atoms with Crippen LogP contribution in [0.5, 0.6) is 0 Å². The lowest BCUT2D eigenvalue weighted by Gasteiger charge is -2.13. The quantitative estimate of drug-likeness (QED) is 0.763. The van der Waals surface area contributed by atoms with E-state index < -0.39 is 23.6 Å². The molecule has 5 nitrogen and oxygen atoms in total. The second-order valence-electron chi connectivity index (χ2n) is 5.51. The number of aromatic nitrogens is 1. The maximum absolute atomic E-state index is 13.0. The molecule has 0 atom stereocenters. The van der Waals surface area contributed by atoms with Gasteiger partial charge in [0.15, 0.2) is 0 Å². The van der Waals surface area contributed by atoms with Crippen LogP contribution >= 0.6 is 0 Å². The number of nitrogens with zero attached hydrogens (tertiary/aromatic N) is 1. The van der Waals surface area contributed by atoms with Crippen molar-refractivity contribution in [1.29, 1.82) is 0 Å². The number of benzene rings is 1. The molecule has 0 saturated carbocycles. The molecule has 1 aromatic heterocycles. The molecule has 2 aromatic rings. The molecule has 0 radical (unpaired) electrons. The summed E-state index contributed by atoms with van der Waals surface area (Å²) in [5.74, 6) is -1.27. The third kappa shape index (κ3) is 5.05. The first kappa shape index (κ1) is 19.4. The van der Waals surface area contributed by atoms with Crippen molar-refractivity contribution in [2.45, 2.75) is 25.9 Å². The number of amides is 2. The number of unbranched alkanes of at least 4 members (excludes halogenated alkanes) is 1. The SMILES string of the molecule is CCCCNC(=O)c1cccc(C(=O)Nc2ccccc2C(F)(F)F)n1. The molecule has 138 valence electrons.